The fourth-order valence-corrected chi connectivity index (χ4v) is 1.54. The molecule has 18 heavy (non-hydrogen) atoms. The maximum absolute atomic E-state index is 11.7. The van der Waals surface area contributed by atoms with E-state index in [-0.39, 0.29) is 18.1 Å². The number of hydrogen-bond acceptors (Lipinski definition) is 3. The SMILES string of the molecule is CC(C)(C)NCCC(=O)Nc1ccccc1CO. The third kappa shape index (κ3) is 5.29. The Hall–Kier alpha value is -1.39. The summed E-state index contributed by atoms with van der Waals surface area (Å²) in [6.45, 7) is 6.75. The number of amides is 1. The molecule has 1 aromatic carbocycles. The summed E-state index contributed by atoms with van der Waals surface area (Å²) in [5, 5.41) is 15.2. The summed E-state index contributed by atoms with van der Waals surface area (Å²) < 4.78 is 0. The molecule has 1 rings (SSSR count). The van der Waals surface area contributed by atoms with E-state index < -0.39 is 0 Å². The summed E-state index contributed by atoms with van der Waals surface area (Å²) in [7, 11) is 0. The molecule has 0 aliphatic heterocycles. The summed E-state index contributed by atoms with van der Waals surface area (Å²) in [5.41, 5.74) is 1.43. The third-order valence-corrected chi connectivity index (χ3v) is 2.47. The Labute approximate surface area is 108 Å². The summed E-state index contributed by atoms with van der Waals surface area (Å²) in [4.78, 5) is 11.7. The van der Waals surface area contributed by atoms with E-state index in [4.69, 9.17) is 5.11 Å². The summed E-state index contributed by atoms with van der Waals surface area (Å²) >= 11 is 0. The molecule has 0 fully saturated rings. The normalized spacial score (nSPS) is 11.3. The zero-order valence-corrected chi connectivity index (χ0v) is 11.3. The monoisotopic (exact) mass is 250 g/mol. The number of carbonyl (C=O) groups is 1. The topological polar surface area (TPSA) is 61.4 Å². The number of carbonyl (C=O) groups excluding carboxylic acids is 1. The van der Waals surface area contributed by atoms with Crippen LogP contribution >= 0.6 is 0 Å². The fraction of sp³-hybridized carbons (Fsp3) is 0.500. The number of rotatable bonds is 5. The van der Waals surface area contributed by atoms with Crippen molar-refractivity contribution >= 4 is 11.6 Å². The largest absolute Gasteiger partial charge is 0.392 e. The molecule has 0 bridgehead atoms. The second-order valence-electron chi connectivity index (χ2n) is 5.29. The average Bonchev–Trinajstić information content (AvgIpc) is 2.28. The standard InChI is InChI=1S/C14H22N2O2/c1-14(2,3)15-9-8-13(18)16-12-7-5-4-6-11(12)10-17/h4-7,15,17H,8-10H2,1-3H3,(H,16,18). The van der Waals surface area contributed by atoms with Gasteiger partial charge < -0.3 is 15.7 Å². The van der Waals surface area contributed by atoms with E-state index in [1.54, 1.807) is 12.1 Å². The first kappa shape index (κ1) is 14.7. The highest BCUT2D eigenvalue weighted by Crippen LogP contribution is 2.14. The lowest BCUT2D eigenvalue weighted by Crippen LogP contribution is -2.37. The fourth-order valence-electron chi connectivity index (χ4n) is 1.54. The van der Waals surface area contributed by atoms with Gasteiger partial charge in [-0.3, -0.25) is 4.79 Å². The van der Waals surface area contributed by atoms with Crippen molar-refractivity contribution in [3.8, 4) is 0 Å². The second kappa shape index (κ2) is 6.52. The molecule has 1 amide bonds. The van der Waals surface area contributed by atoms with Crippen LogP contribution in [0.2, 0.25) is 0 Å². The first-order chi connectivity index (χ1) is 8.42. The van der Waals surface area contributed by atoms with E-state index in [1.807, 2.05) is 12.1 Å². The number of hydrogen-bond donors (Lipinski definition) is 3. The molecule has 0 aliphatic rings. The van der Waals surface area contributed by atoms with E-state index in [0.29, 0.717) is 18.7 Å². The van der Waals surface area contributed by atoms with Gasteiger partial charge in [-0.1, -0.05) is 18.2 Å². The first-order valence-corrected chi connectivity index (χ1v) is 6.16. The number of benzene rings is 1. The Balaban J connectivity index is 2.45. The van der Waals surface area contributed by atoms with E-state index in [0.717, 1.165) is 5.56 Å². The Kier molecular flexibility index (Phi) is 5.31. The van der Waals surface area contributed by atoms with Crippen molar-refractivity contribution in [1.82, 2.24) is 5.32 Å². The van der Waals surface area contributed by atoms with E-state index in [1.165, 1.54) is 0 Å². The van der Waals surface area contributed by atoms with Gasteiger partial charge in [0.2, 0.25) is 5.91 Å². The zero-order valence-electron chi connectivity index (χ0n) is 11.3. The lowest BCUT2D eigenvalue weighted by molar-refractivity contribution is -0.116. The van der Waals surface area contributed by atoms with Crippen LogP contribution in [0.1, 0.15) is 32.8 Å². The Bertz CT molecular complexity index is 397. The minimum absolute atomic E-state index is 0.0171. The minimum Gasteiger partial charge on any atom is -0.392 e. The molecule has 100 valence electrons. The average molecular weight is 250 g/mol. The van der Waals surface area contributed by atoms with Crippen molar-refractivity contribution in [2.45, 2.75) is 39.3 Å². The predicted molar refractivity (Wildman–Crippen MR) is 73.4 cm³/mol. The zero-order chi connectivity index (χ0) is 13.6. The quantitative estimate of drug-likeness (QED) is 0.748. The van der Waals surface area contributed by atoms with Gasteiger partial charge in [-0.05, 0) is 26.8 Å². The predicted octanol–water partition coefficient (Wildman–Crippen LogP) is 1.90. The molecule has 0 heterocycles. The molecule has 0 radical (unpaired) electrons. The van der Waals surface area contributed by atoms with Crippen molar-refractivity contribution in [3.05, 3.63) is 29.8 Å². The molecule has 0 atom stereocenters. The molecular formula is C14H22N2O2. The van der Waals surface area contributed by atoms with Crippen LogP contribution in [0.3, 0.4) is 0 Å². The summed E-state index contributed by atoms with van der Waals surface area (Å²) in [5.74, 6) is -0.0485. The van der Waals surface area contributed by atoms with Crippen LogP contribution in [-0.2, 0) is 11.4 Å². The van der Waals surface area contributed by atoms with Gasteiger partial charge in [0, 0.05) is 29.8 Å². The van der Waals surface area contributed by atoms with E-state index in [9.17, 15) is 4.79 Å². The highest BCUT2D eigenvalue weighted by atomic mass is 16.3. The molecular weight excluding hydrogens is 228 g/mol. The van der Waals surface area contributed by atoms with Gasteiger partial charge in [0.1, 0.15) is 0 Å². The number of para-hydroxylation sites is 1. The van der Waals surface area contributed by atoms with Crippen LogP contribution < -0.4 is 10.6 Å². The molecule has 0 aliphatic carbocycles. The van der Waals surface area contributed by atoms with Crippen LogP contribution in [0.25, 0.3) is 0 Å². The van der Waals surface area contributed by atoms with Crippen molar-refractivity contribution in [3.63, 3.8) is 0 Å². The smallest absolute Gasteiger partial charge is 0.225 e. The maximum Gasteiger partial charge on any atom is 0.225 e. The van der Waals surface area contributed by atoms with Gasteiger partial charge in [0.05, 0.1) is 6.61 Å². The lowest BCUT2D eigenvalue weighted by atomic mass is 10.1. The molecule has 3 N–H and O–H groups in total. The first-order valence-electron chi connectivity index (χ1n) is 6.16. The molecule has 1 aromatic rings. The number of nitrogens with one attached hydrogen (secondary N) is 2. The maximum atomic E-state index is 11.7. The van der Waals surface area contributed by atoms with Gasteiger partial charge in [-0.2, -0.15) is 0 Å². The van der Waals surface area contributed by atoms with Gasteiger partial charge >= 0.3 is 0 Å². The highest BCUT2D eigenvalue weighted by molar-refractivity contribution is 5.91. The summed E-state index contributed by atoms with van der Waals surface area (Å²) in [6.07, 6.45) is 0.414. The Morgan fingerprint density at radius 3 is 2.56 bits per heavy atom. The number of anilines is 1. The molecule has 0 spiro atoms. The number of aliphatic hydroxyl groups is 1. The van der Waals surface area contributed by atoms with Crippen molar-refractivity contribution in [2.24, 2.45) is 0 Å². The number of aliphatic hydroxyl groups excluding tert-OH is 1. The van der Waals surface area contributed by atoms with Gasteiger partial charge in [0.25, 0.3) is 0 Å². The van der Waals surface area contributed by atoms with Crippen LogP contribution in [0.5, 0.6) is 0 Å². The molecule has 0 saturated carbocycles. The van der Waals surface area contributed by atoms with Gasteiger partial charge in [-0.15, -0.1) is 0 Å². The molecule has 4 heteroatoms. The van der Waals surface area contributed by atoms with E-state index in [2.05, 4.69) is 31.4 Å². The van der Waals surface area contributed by atoms with Crippen LogP contribution in [0, 0.1) is 0 Å². The molecule has 0 saturated heterocycles. The highest BCUT2D eigenvalue weighted by Gasteiger charge is 2.10. The second-order valence-corrected chi connectivity index (χ2v) is 5.29. The van der Waals surface area contributed by atoms with Crippen LogP contribution in [0.15, 0.2) is 24.3 Å². The third-order valence-electron chi connectivity index (χ3n) is 2.47. The summed E-state index contributed by atoms with van der Waals surface area (Å²) in [6, 6.07) is 7.26. The lowest BCUT2D eigenvalue weighted by Gasteiger charge is -2.20. The van der Waals surface area contributed by atoms with Gasteiger partial charge in [-0.25, -0.2) is 0 Å². The van der Waals surface area contributed by atoms with Crippen LogP contribution in [-0.4, -0.2) is 23.1 Å². The molecule has 0 unspecified atom stereocenters. The van der Waals surface area contributed by atoms with Crippen molar-refractivity contribution < 1.29 is 9.90 Å². The Morgan fingerprint density at radius 1 is 1.28 bits per heavy atom. The molecule has 4 nitrogen and oxygen atoms in total. The van der Waals surface area contributed by atoms with Crippen molar-refractivity contribution in [1.29, 1.82) is 0 Å². The minimum atomic E-state index is -0.0727. The van der Waals surface area contributed by atoms with Crippen LogP contribution in [0.4, 0.5) is 5.69 Å². The van der Waals surface area contributed by atoms with Crippen molar-refractivity contribution in [2.75, 3.05) is 11.9 Å². The van der Waals surface area contributed by atoms with Gasteiger partial charge in [0.15, 0.2) is 0 Å². The molecule has 0 aromatic heterocycles. The van der Waals surface area contributed by atoms with E-state index >= 15 is 0 Å². The Morgan fingerprint density at radius 2 is 1.94 bits per heavy atom.